The Kier molecular flexibility index (Phi) is 4.41. The molecule has 2 unspecified atom stereocenters. The molecule has 1 fully saturated rings. The lowest BCUT2D eigenvalue weighted by Gasteiger charge is -2.16. The van der Waals surface area contributed by atoms with Gasteiger partial charge in [-0.1, -0.05) is 6.92 Å². The molecule has 0 spiro atoms. The van der Waals surface area contributed by atoms with Gasteiger partial charge in [-0.2, -0.15) is 5.26 Å². The summed E-state index contributed by atoms with van der Waals surface area (Å²) in [5.74, 6) is 0.233. The fraction of sp³-hybridized carbons (Fsp3) is 0.800. The van der Waals surface area contributed by atoms with Crippen LogP contribution in [-0.4, -0.2) is 25.2 Å². The van der Waals surface area contributed by atoms with E-state index in [0.717, 1.165) is 19.4 Å². The molecule has 1 amide bonds. The topological polar surface area (TPSA) is 62.1 Å². The van der Waals surface area contributed by atoms with Crippen molar-refractivity contribution in [2.24, 2.45) is 5.92 Å². The highest BCUT2D eigenvalue weighted by Crippen LogP contribution is 2.22. The van der Waals surface area contributed by atoms with Crippen molar-refractivity contribution in [3.8, 4) is 6.07 Å². The fourth-order valence-electron chi connectivity index (χ4n) is 1.76. The monoisotopic (exact) mass is 196 g/mol. The number of hydrogen-bond donors (Lipinski definition) is 1. The molecule has 1 aliphatic rings. The van der Waals surface area contributed by atoms with Gasteiger partial charge in [0.05, 0.1) is 12.2 Å². The summed E-state index contributed by atoms with van der Waals surface area (Å²) >= 11 is 0. The van der Waals surface area contributed by atoms with E-state index in [1.165, 1.54) is 0 Å². The normalized spacial score (nSPS) is 25.7. The Labute approximate surface area is 84.2 Å². The van der Waals surface area contributed by atoms with E-state index in [9.17, 15) is 4.79 Å². The molecule has 1 rings (SSSR count). The lowest BCUT2D eigenvalue weighted by atomic mass is 10.00. The Morgan fingerprint density at radius 1 is 1.71 bits per heavy atom. The minimum Gasteiger partial charge on any atom is -0.378 e. The van der Waals surface area contributed by atoms with Gasteiger partial charge in [-0.3, -0.25) is 4.79 Å². The highest BCUT2D eigenvalue weighted by atomic mass is 16.5. The first-order chi connectivity index (χ1) is 6.77. The second-order valence-electron chi connectivity index (χ2n) is 3.51. The lowest BCUT2D eigenvalue weighted by Crippen LogP contribution is -2.32. The van der Waals surface area contributed by atoms with Crippen LogP contribution in [0.25, 0.3) is 0 Å². The van der Waals surface area contributed by atoms with Crippen molar-refractivity contribution < 1.29 is 9.53 Å². The third-order valence-corrected chi connectivity index (χ3v) is 2.55. The van der Waals surface area contributed by atoms with Gasteiger partial charge in [0.2, 0.25) is 5.91 Å². The second-order valence-corrected chi connectivity index (χ2v) is 3.51. The van der Waals surface area contributed by atoms with Crippen LogP contribution in [0, 0.1) is 17.2 Å². The van der Waals surface area contributed by atoms with E-state index in [0.29, 0.717) is 12.5 Å². The SMILES string of the molecule is CCC1OCCC1CNC(=O)CC#N. The van der Waals surface area contributed by atoms with E-state index in [1.54, 1.807) is 0 Å². The molecule has 0 aromatic heterocycles. The molecule has 0 aromatic rings. The average molecular weight is 196 g/mol. The van der Waals surface area contributed by atoms with Crippen molar-refractivity contribution >= 4 is 5.91 Å². The van der Waals surface area contributed by atoms with Crippen LogP contribution in [0.4, 0.5) is 0 Å². The summed E-state index contributed by atoms with van der Waals surface area (Å²) in [6.45, 7) is 3.51. The highest BCUT2D eigenvalue weighted by Gasteiger charge is 2.26. The molecule has 1 aliphatic heterocycles. The molecule has 0 radical (unpaired) electrons. The van der Waals surface area contributed by atoms with Crippen LogP contribution in [0.15, 0.2) is 0 Å². The number of nitrogens with zero attached hydrogens (tertiary/aromatic N) is 1. The summed E-state index contributed by atoms with van der Waals surface area (Å²) in [4.78, 5) is 11.0. The number of nitrogens with one attached hydrogen (secondary N) is 1. The van der Waals surface area contributed by atoms with Gasteiger partial charge in [0.15, 0.2) is 0 Å². The second kappa shape index (κ2) is 5.61. The molecule has 78 valence electrons. The van der Waals surface area contributed by atoms with Crippen molar-refractivity contribution in [1.29, 1.82) is 5.26 Å². The number of ether oxygens (including phenoxy) is 1. The van der Waals surface area contributed by atoms with Crippen LogP contribution in [0.2, 0.25) is 0 Å². The Bertz CT molecular complexity index is 235. The van der Waals surface area contributed by atoms with Crippen LogP contribution in [-0.2, 0) is 9.53 Å². The van der Waals surface area contributed by atoms with E-state index in [1.807, 2.05) is 6.07 Å². The maximum atomic E-state index is 11.0. The van der Waals surface area contributed by atoms with Crippen molar-refractivity contribution in [1.82, 2.24) is 5.32 Å². The Hall–Kier alpha value is -1.08. The Balaban J connectivity index is 2.24. The third-order valence-electron chi connectivity index (χ3n) is 2.55. The minimum atomic E-state index is -0.186. The molecule has 1 saturated heterocycles. The standard InChI is InChI=1S/C10H16N2O2/c1-2-9-8(4-6-14-9)7-12-10(13)3-5-11/h8-9H,2-4,6-7H2,1H3,(H,12,13). The van der Waals surface area contributed by atoms with Gasteiger partial charge in [-0.15, -0.1) is 0 Å². The quantitative estimate of drug-likeness (QED) is 0.724. The van der Waals surface area contributed by atoms with E-state index in [-0.39, 0.29) is 18.4 Å². The van der Waals surface area contributed by atoms with E-state index < -0.39 is 0 Å². The molecule has 0 saturated carbocycles. The molecule has 0 aromatic carbocycles. The molecule has 0 bridgehead atoms. The summed E-state index contributed by atoms with van der Waals surface area (Å²) in [5, 5.41) is 11.0. The number of nitriles is 1. The molecule has 4 nitrogen and oxygen atoms in total. The molecular formula is C10H16N2O2. The van der Waals surface area contributed by atoms with Crippen molar-refractivity contribution in [3.05, 3.63) is 0 Å². The van der Waals surface area contributed by atoms with Crippen LogP contribution in [0.1, 0.15) is 26.2 Å². The minimum absolute atomic E-state index is 0.0512. The van der Waals surface area contributed by atoms with Crippen molar-refractivity contribution in [3.63, 3.8) is 0 Å². The number of hydrogen-bond acceptors (Lipinski definition) is 3. The van der Waals surface area contributed by atoms with Crippen LogP contribution in [0.5, 0.6) is 0 Å². The smallest absolute Gasteiger partial charge is 0.234 e. The first-order valence-corrected chi connectivity index (χ1v) is 5.03. The molecule has 1 N–H and O–H groups in total. The van der Waals surface area contributed by atoms with Gasteiger partial charge >= 0.3 is 0 Å². The molecular weight excluding hydrogens is 180 g/mol. The molecule has 2 atom stereocenters. The van der Waals surface area contributed by atoms with Gasteiger partial charge in [0, 0.05) is 19.1 Å². The summed E-state index contributed by atoms with van der Waals surface area (Å²) in [5.41, 5.74) is 0. The summed E-state index contributed by atoms with van der Waals surface area (Å²) in [6, 6.07) is 1.82. The van der Waals surface area contributed by atoms with Crippen LogP contribution in [0.3, 0.4) is 0 Å². The fourth-order valence-corrected chi connectivity index (χ4v) is 1.76. The maximum absolute atomic E-state index is 11.0. The van der Waals surface area contributed by atoms with Gasteiger partial charge in [-0.05, 0) is 12.8 Å². The zero-order valence-electron chi connectivity index (χ0n) is 8.45. The molecule has 0 aliphatic carbocycles. The number of carbonyl (C=O) groups is 1. The number of amides is 1. The number of carbonyl (C=O) groups excluding carboxylic acids is 1. The largest absolute Gasteiger partial charge is 0.378 e. The third kappa shape index (κ3) is 3.00. The van der Waals surface area contributed by atoms with E-state index in [2.05, 4.69) is 12.2 Å². The predicted octanol–water partition coefficient (Wildman–Crippen LogP) is 0.831. The highest BCUT2D eigenvalue weighted by molar-refractivity contribution is 5.77. The van der Waals surface area contributed by atoms with Crippen LogP contribution >= 0.6 is 0 Å². The average Bonchev–Trinajstić information content (AvgIpc) is 2.62. The molecule has 14 heavy (non-hydrogen) atoms. The van der Waals surface area contributed by atoms with Gasteiger partial charge < -0.3 is 10.1 Å². The molecule has 4 heteroatoms. The lowest BCUT2D eigenvalue weighted by molar-refractivity contribution is -0.120. The Morgan fingerprint density at radius 3 is 3.14 bits per heavy atom. The number of rotatable bonds is 4. The first kappa shape index (κ1) is 11.0. The van der Waals surface area contributed by atoms with Crippen molar-refractivity contribution in [2.45, 2.75) is 32.3 Å². The predicted molar refractivity (Wildman–Crippen MR) is 51.4 cm³/mol. The Morgan fingerprint density at radius 2 is 2.50 bits per heavy atom. The maximum Gasteiger partial charge on any atom is 0.234 e. The van der Waals surface area contributed by atoms with E-state index >= 15 is 0 Å². The summed E-state index contributed by atoms with van der Waals surface area (Å²) < 4.78 is 5.49. The first-order valence-electron chi connectivity index (χ1n) is 5.03. The summed E-state index contributed by atoms with van der Waals surface area (Å²) in [6.07, 6.45) is 2.21. The summed E-state index contributed by atoms with van der Waals surface area (Å²) in [7, 11) is 0. The zero-order chi connectivity index (χ0) is 10.4. The van der Waals surface area contributed by atoms with Crippen LogP contribution < -0.4 is 5.32 Å². The van der Waals surface area contributed by atoms with Gasteiger partial charge in [0.25, 0.3) is 0 Å². The van der Waals surface area contributed by atoms with E-state index in [4.69, 9.17) is 10.00 Å². The zero-order valence-corrected chi connectivity index (χ0v) is 8.45. The van der Waals surface area contributed by atoms with Gasteiger partial charge in [0.1, 0.15) is 6.42 Å². The molecule has 1 heterocycles. The van der Waals surface area contributed by atoms with Crippen molar-refractivity contribution in [2.75, 3.05) is 13.2 Å². The van der Waals surface area contributed by atoms with Gasteiger partial charge in [-0.25, -0.2) is 0 Å².